The predicted molar refractivity (Wildman–Crippen MR) is 70.3 cm³/mol. The number of nitrogens with zero attached hydrogens (tertiary/aromatic N) is 1. The van der Waals surface area contributed by atoms with E-state index in [1.807, 2.05) is 6.08 Å². The van der Waals surface area contributed by atoms with Gasteiger partial charge in [-0.05, 0) is 31.6 Å². The van der Waals surface area contributed by atoms with Crippen LogP contribution in [0.4, 0.5) is 0 Å². The Morgan fingerprint density at radius 1 is 1.53 bits per heavy atom. The molecule has 0 bridgehead atoms. The second-order valence-corrected chi connectivity index (χ2v) is 6.32. The Labute approximate surface area is 105 Å². The molecule has 1 aliphatic carbocycles. The Morgan fingerprint density at radius 2 is 2.18 bits per heavy atom. The van der Waals surface area contributed by atoms with Crippen LogP contribution >= 0.6 is 0 Å². The molecule has 0 saturated carbocycles. The minimum Gasteiger partial charge on any atom is -0.384 e. The van der Waals surface area contributed by atoms with E-state index in [2.05, 4.69) is 33.8 Å². The van der Waals surface area contributed by atoms with Crippen LogP contribution in [0.3, 0.4) is 0 Å². The largest absolute Gasteiger partial charge is 0.384 e. The van der Waals surface area contributed by atoms with Crippen molar-refractivity contribution in [2.45, 2.75) is 65.4 Å². The summed E-state index contributed by atoms with van der Waals surface area (Å²) in [5, 5.41) is 20.1. The van der Waals surface area contributed by atoms with Gasteiger partial charge in [-0.15, -0.1) is 0 Å². The molecule has 0 amide bonds. The minimum atomic E-state index is -0.921. The van der Waals surface area contributed by atoms with E-state index in [1.165, 1.54) is 5.57 Å². The molecule has 0 aromatic rings. The monoisotopic (exact) mass is 235 g/mol. The summed E-state index contributed by atoms with van der Waals surface area (Å²) < 4.78 is 0. The zero-order valence-electron chi connectivity index (χ0n) is 11.6. The van der Waals surface area contributed by atoms with Crippen molar-refractivity contribution in [2.24, 2.45) is 11.3 Å². The summed E-state index contributed by atoms with van der Waals surface area (Å²) in [7, 11) is 0. The SMILES string of the molecule is CCCCC(C#N)C1(O)C=C(C)CC(C)(C)C1. The molecule has 0 fully saturated rings. The Balaban J connectivity index is 2.92. The molecule has 0 spiro atoms. The van der Waals surface area contributed by atoms with Gasteiger partial charge in [-0.1, -0.05) is 45.3 Å². The van der Waals surface area contributed by atoms with Gasteiger partial charge in [0.2, 0.25) is 0 Å². The first-order valence-corrected chi connectivity index (χ1v) is 6.63. The molecule has 0 radical (unpaired) electrons. The number of rotatable bonds is 4. The average molecular weight is 235 g/mol. The Kier molecular flexibility index (Phi) is 4.38. The molecular formula is C15H25NO. The fraction of sp³-hybridized carbons (Fsp3) is 0.800. The number of aliphatic hydroxyl groups is 1. The third-order valence-corrected chi connectivity index (χ3v) is 3.62. The van der Waals surface area contributed by atoms with Gasteiger partial charge in [0.1, 0.15) is 0 Å². The molecule has 2 atom stereocenters. The highest BCUT2D eigenvalue weighted by molar-refractivity contribution is 5.21. The van der Waals surface area contributed by atoms with Crippen molar-refractivity contribution in [1.82, 2.24) is 0 Å². The molecule has 0 aliphatic heterocycles. The molecule has 2 heteroatoms. The zero-order valence-corrected chi connectivity index (χ0v) is 11.6. The van der Waals surface area contributed by atoms with Crippen molar-refractivity contribution < 1.29 is 5.11 Å². The second kappa shape index (κ2) is 5.23. The summed E-state index contributed by atoms with van der Waals surface area (Å²) in [5.74, 6) is -0.267. The summed E-state index contributed by atoms with van der Waals surface area (Å²) in [6.45, 7) is 8.51. The van der Waals surface area contributed by atoms with E-state index in [0.717, 1.165) is 25.7 Å². The molecule has 0 aromatic heterocycles. The highest BCUT2D eigenvalue weighted by atomic mass is 16.3. The fourth-order valence-corrected chi connectivity index (χ4v) is 3.17. The van der Waals surface area contributed by atoms with E-state index in [4.69, 9.17) is 0 Å². The molecule has 1 aliphatic rings. The first kappa shape index (κ1) is 14.3. The topological polar surface area (TPSA) is 44.0 Å². The first-order valence-electron chi connectivity index (χ1n) is 6.63. The summed E-state index contributed by atoms with van der Waals surface area (Å²) in [4.78, 5) is 0. The smallest absolute Gasteiger partial charge is 0.0992 e. The zero-order chi connectivity index (χ0) is 13.1. The van der Waals surface area contributed by atoms with E-state index >= 15 is 0 Å². The van der Waals surface area contributed by atoms with E-state index in [-0.39, 0.29) is 11.3 Å². The van der Waals surface area contributed by atoms with Gasteiger partial charge >= 0.3 is 0 Å². The third kappa shape index (κ3) is 3.57. The number of hydrogen-bond donors (Lipinski definition) is 1. The molecule has 0 heterocycles. The number of nitriles is 1. The summed E-state index contributed by atoms with van der Waals surface area (Å²) in [6, 6.07) is 2.31. The van der Waals surface area contributed by atoms with Crippen LogP contribution in [-0.4, -0.2) is 10.7 Å². The molecule has 1 rings (SSSR count). The van der Waals surface area contributed by atoms with Crippen molar-refractivity contribution in [3.8, 4) is 6.07 Å². The molecule has 96 valence electrons. The van der Waals surface area contributed by atoms with Crippen LogP contribution in [0.15, 0.2) is 11.6 Å². The van der Waals surface area contributed by atoms with Gasteiger partial charge in [0, 0.05) is 0 Å². The summed E-state index contributed by atoms with van der Waals surface area (Å²) in [5.41, 5.74) is 0.380. The van der Waals surface area contributed by atoms with Crippen molar-refractivity contribution in [1.29, 1.82) is 5.26 Å². The summed E-state index contributed by atoms with van der Waals surface area (Å²) >= 11 is 0. The standard InChI is InChI=1S/C15H25NO/c1-5-6-7-13(10-16)15(17)9-12(2)8-14(3,4)11-15/h9,13,17H,5-8,11H2,1-4H3. The van der Waals surface area contributed by atoms with Crippen LogP contribution in [0.5, 0.6) is 0 Å². The molecule has 0 saturated heterocycles. The van der Waals surface area contributed by atoms with E-state index < -0.39 is 5.60 Å². The van der Waals surface area contributed by atoms with Gasteiger partial charge in [-0.2, -0.15) is 5.26 Å². The predicted octanol–water partition coefficient (Wildman–Crippen LogP) is 3.81. The van der Waals surface area contributed by atoms with Crippen LogP contribution in [0, 0.1) is 22.7 Å². The van der Waals surface area contributed by atoms with Crippen LogP contribution in [0.25, 0.3) is 0 Å². The van der Waals surface area contributed by atoms with E-state index in [9.17, 15) is 10.4 Å². The quantitative estimate of drug-likeness (QED) is 0.753. The summed E-state index contributed by atoms with van der Waals surface area (Å²) in [6.07, 6.45) is 6.51. The van der Waals surface area contributed by atoms with E-state index in [0.29, 0.717) is 6.42 Å². The number of hydrogen-bond acceptors (Lipinski definition) is 2. The lowest BCUT2D eigenvalue weighted by atomic mass is 9.66. The van der Waals surface area contributed by atoms with Crippen molar-refractivity contribution in [3.63, 3.8) is 0 Å². The van der Waals surface area contributed by atoms with E-state index in [1.54, 1.807) is 0 Å². The van der Waals surface area contributed by atoms with Crippen LogP contribution in [0.2, 0.25) is 0 Å². The molecule has 2 unspecified atom stereocenters. The highest BCUT2D eigenvalue weighted by Gasteiger charge is 2.42. The van der Waals surface area contributed by atoms with Gasteiger partial charge in [0.05, 0.1) is 17.6 Å². The fourth-order valence-electron chi connectivity index (χ4n) is 3.17. The normalized spacial score (nSPS) is 29.3. The van der Waals surface area contributed by atoms with Gasteiger partial charge in [0.25, 0.3) is 0 Å². The van der Waals surface area contributed by atoms with Gasteiger partial charge in [-0.3, -0.25) is 0 Å². The molecule has 2 nitrogen and oxygen atoms in total. The molecule has 0 aromatic carbocycles. The van der Waals surface area contributed by atoms with Crippen LogP contribution in [0.1, 0.15) is 59.8 Å². The number of unbranched alkanes of at least 4 members (excludes halogenated alkanes) is 1. The maximum Gasteiger partial charge on any atom is 0.0992 e. The van der Waals surface area contributed by atoms with Crippen molar-refractivity contribution in [3.05, 3.63) is 11.6 Å². The number of allylic oxidation sites excluding steroid dienone is 1. The lowest BCUT2D eigenvalue weighted by molar-refractivity contribution is -0.00439. The molecule has 17 heavy (non-hydrogen) atoms. The Morgan fingerprint density at radius 3 is 2.65 bits per heavy atom. The minimum absolute atomic E-state index is 0.0922. The van der Waals surface area contributed by atoms with Crippen LogP contribution in [-0.2, 0) is 0 Å². The highest BCUT2D eigenvalue weighted by Crippen LogP contribution is 2.44. The van der Waals surface area contributed by atoms with Gasteiger partial charge in [-0.25, -0.2) is 0 Å². The lowest BCUT2D eigenvalue weighted by Gasteiger charge is -2.42. The van der Waals surface area contributed by atoms with Crippen LogP contribution < -0.4 is 0 Å². The maximum atomic E-state index is 10.8. The van der Waals surface area contributed by atoms with Gasteiger partial charge in [0.15, 0.2) is 0 Å². The maximum absolute atomic E-state index is 10.8. The second-order valence-electron chi connectivity index (χ2n) is 6.32. The van der Waals surface area contributed by atoms with Gasteiger partial charge < -0.3 is 5.11 Å². The first-order chi connectivity index (χ1) is 7.83. The van der Waals surface area contributed by atoms with Crippen molar-refractivity contribution in [2.75, 3.05) is 0 Å². The lowest BCUT2D eigenvalue weighted by Crippen LogP contribution is -2.42. The third-order valence-electron chi connectivity index (χ3n) is 3.62. The Bertz CT molecular complexity index is 337. The molecule has 1 N–H and O–H groups in total. The average Bonchev–Trinajstić information content (AvgIpc) is 2.14. The Hall–Kier alpha value is -0.810. The molecular weight excluding hydrogens is 210 g/mol. The van der Waals surface area contributed by atoms with Crippen molar-refractivity contribution >= 4 is 0 Å².